The average molecular weight is 222 g/mol. The van der Waals surface area contributed by atoms with Crippen molar-refractivity contribution in [1.82, 2.24) is 0 Å². The number of aromatic hydroxyl groups is 1. The van der Waals surface area contributed by atoms with Gasteiger partial charge in [0.1, 0.15) is 5.75 Å². The summed E-state index contributed by atoms with van der Waals surface area (Å²) in [6.45, 7) is 0. The molecule has 2 aromatic rings. The normalized spacial score (nSPS) is 10.5. The molecule has 7 heteroatoms. The Bertz CT molecular complexity index is 601. The number of furan rings is 1. The van der Waals surface area contributed by atoms with Crippen LogP contribution in [-0.2, 0) is 0 Å². The predicted octanol–water partition coefficient (Wildman–Crippen LogP) is 1.15. The molecule has 1 aromatic heterocycles. The van der Waals surface area contributed by atoms with Crippen molar-refractivity contribution in [2.45, 2.75) is 0 Å². The number of amides is 1. The molecule has 0 radical (unpaired) electrons. The summed E-state index contributed by atoms with van der Waals surface area (Å²) in [6, 6.07) is 3.41. The van der Waals surface area contributed by atoms with Crippen LogP contribution in [0.1, 0.15) is 10.6 Å². The van der Waals surface area contributed by atoms with E-state index in [0.29, 0.717) is 0 Å². The summed E-state index contributed by atoms with van der Waals surface area (Å²) >= 11 is 0. The Morgan fingerprint density at radius 2 is 2.19 bits per heavy atom. The summed E-state index contributed by atoms with van der Waals surface area (Å²) < 4.78 is 4.93. The number of nitrogens with zero attached hydrogens (tertiary/aromatic N) is 1. The highest BCUT2D eigenvalue weighted by Gasteiger charge is 2.20. The minimum atomic E-state index is -0.857. The zero-order chi connectivity index (χ0) is 11.9. The highest BCUT2D eigenvalue weighted by molar-refractivity contribution is 5.99. The Balaban J connectivity index is 2.82. The third-order valence-corrected chi connectivity index (χ3v) is 2.08. The summed E-state index contributed by atoms with van der Waals surface area (Å²) in [5, 5.41) is 20.2. The van der Waals surface area contributed by atoms with Crippen molar-refractivity contribution in [2.75, 3.05) is 0 Å². The van der Waals surface area contributed by atoms with Crippen LogP contribution in [0.5, 0.6) is 5.75 Å². The largest absolute Gasteiger partial charge is 0.507 e. The van der Waals surface area contributed by atoms with Gasteiger partial charge < -0.3 is 15.3 Å². The molecule has 0 saturated heterocycles. The minimum Gasteiger partial charge on any atom is -0.507 e. The van der Waals surface area contributed by atoms with E-state index < -0.39 is 10.8 Å². The van der Waals surface area contributed by atoms with Gasteiger partial charge in [0.2, 0.25) is 5.58 Å². The van der Waals surface area contributed by atoms with Gasteiger partial charge in [0, 0.05) is 12.1 Å². The number of rotatable bonds is 2. The lowest BCUT2D eigenvalue weighted by atomic mass is 10.2. The van der Waals surface area contributed by atoms with Crippen LogP contribution in [0.4, 0.5) is 5.69 Å². The van der Waals surface area contributed by atoms with Crippen molar-refractivity contribution in [1.29, 1.82) is 0 Å². The fraction of sp³-hybridized carbons (Fsp3) is 0. The monoisotopic (exact) mass is 222 g/mol. The zero-order valence-electron chi connectivity index (χ0n) is 7.84. The number of primary amides is 1. The first-order chi connectivity index (χ1) is 7.50. The van der Waals surface area contributed by atoms with E-state index in [1.54, 1.807) is 0 Å². The van der Waals surface area contributed by atoms with Crippen LogP contribution in [0.15, 0.2) is 22.6 Å². The van der Waals surface area contributed by atoms with E-state index in [9.17, 15) is 20.0 Å². The lowest BCUT2D eigenvalue weighted by molar-refractivity contribution is -0.383. The quantitative estimate of drug-likeness (QED) is 0.583. The molecule has 0 aliphatic carbocycles. The maximum atomic E-state index is 10.8. The van der Waals surface area contributed by atoms with Crippen LogP contribution in [0.2, 0.25) is 0 Å². The van der Waals surface area contributed by atoms with E-state index in [2.05, 4.69) is 0 Å². The first-order valence-electron chi connectivity index (χ1n) is 4.20. The number of hydrogen-bond donors (Lipinski definition) is 2. The first kappa shape index (κ1) is 9.97. The number of benzene rings is 1. The Kier molecular flexibility index (Phi) is 2.01. The molecule has 0 bridgehead atoms. The number of nitrogens with two attached hydrogens (primary N) is 1. The minimum absolute atomic E-state index is 0.0861. The molecule has 2 rings (SSSR count). The van der Waals surface area contributed by atoms with Crippen LogP contribution in [0.3, 0.4) is 0 Å². The molecular formula is C9H6N2O5. The molecule has 3 N–H and O–H groups in total. The van der Waals surface area contributed by atoms with E-state index in [4.69, 9.17) is 10.2 Å². The number of nitro benzene ring substituents is 1. The van der Waals surface area contributed by atoms with Crippen molar-refractivity contribution in [3.05, 3.63) is 34.1 Å². The van der Waals surface area contributed by atoms with Crippen LogP contribution >= 0.6 is 0 Å². The molecule has 0 aliphatic heterocycles. The van der Waals surface area contributed by atoms with Gasteiger partial charge in [-0.3, -0.25) is 14.9 Å². The van der Waals surface area contributed by atoms with Gasteiger partial charge in [-0.15, -0.1) is 0 Å². The standard InChI is InChI=1S/C9H6N2O5/c10-9(13)7-3-4-6(12)2-1-5(11(14)15)8(4)16-7/h1-3,12H,(H2,10,13). The second kappa shape index (κ2) is 3.23. The van der Waals surface area contributed by atoms with Crippen LogP contribution < -0.4 is 5.73 Å². The molecule has 16 heavy (non-hydrogen) atoms. The van der Waals surface area contributed by atoms with Gasteiger partial charge in [-0.1, -0.05) is 0 Å². The molecule has 0 fully saturated rings. The number of phenolic OH excluding ortho intramolecular Hbond substituents is 1. The maximum absolute atomic E-state index is 10.8. The van der Waals surface area contributed by atoms with Gasteiger partial charge >= 0.3 is 5.69 Å². The number of hydrogen-bond acceptors (Lipinski definition) is 5. The van der Waals surface area contributed by atoms with Crippen LogP contribution in [0.25, 0.3) is 11.0 Å². The topological polar surface area (TPSA) is 120 Å². The molecule has 0 atom stereocenters. The fourth-order valence-electron chi connectivity index (χ4n) is 1.36. The van der Waals surface area contributed by atoms with Crippen molar-refractivity contribution < 1.29 is 19.2 Å². The molecule has 1 amide bonds. The smallest absolute Gasteiger partial charge is 0.312 e. The molecule has 0 aliphatic rings. The Morgan fingerprint density at radius 3 is 2.75 bits per heavy atom. The Labute approximate surface area is 88.2 Å². The summed E-state index contributed by atoms with van der Waals surface area (Å²) in [5.41, 5.74) is 4.47. The molecule has 7 nitrogen and oxygen atoms in total. The third-order valence-electron chi connectivity index (χ3n) is 2.08. The number of carbonyl (C=O) groups excluding carboxylic acids is 1. The van der Waals surface area contributed by atoms with E-state index >= 15 is 0 Å². The number of nitro groups is 1. The molecular weight excluding hydrogens is 216 g/mol. The lowest BCUT2D eigenvalue weighted by Crippen LogP contribution is -2.08. The second-order valence-corrected chi connectivity index (χ2v) is 3.08. The highest BCUT2D eigenvalue weighted by Crippen LogP contribution is 2.34. The Hall–Kier alpha value is -2.57. The Morgan fingerprint density at radius 1 is 1.50 bits per heavy atom. The zero-order valence-corrected chi connectivity index (χ0v) is 7.84. The van der Waals surface area contributed by atoms with Gasteiger partial charge in [-0.25, -0.2) is 0 Å². The SMILES string of the molecule is NC(=O)c1cc2c(O)ccc([N+](=O)[O-])c2o1. The summed E-state index contributed by atoms with van der Waals surface area (Å²) in [5.74, 6) is -1.30. The van der Waals surface area contributed by atoms with Gasteiger partial charge in [0.25, 0.3) is 5.91 Å². The highest BCUT2D eigenvalue weighted by atomic mass is 16.6. The number of non-ortho nitro benzene ring substituents is 1. The third kappa shape index (κ3) is 1.34. The predicted molar refractivity (Wildman–Crippen MR) is 53.1 cm³/mol. The van der Waals surface area contributed by atoms with E-state index in [1.807, 2.05) is 0 Å². The molecule has 82 valence electrons. The van der Waals surface area contributed by atoms with Crippen molar-refractivity contribution in [3.63, 3.8) is 0 Å². The number of carbonyl (C=O) groups is 1. The van der Waals surface area contributed by atoms with Crippen molar-refractivity contribution in [3.8, 4) is 5.75 Å². The number of fused-ring (bicyclic) bond motifs is 1. The number of phenols is 1. The maximum Gasteiger partial charge on any atom is 0.312 e. The molecule has 0 spiro atoms. The molecule has 1 aromatic carbocycles. The van der Waals surface area contributed by atoms with E-state index in [-0.39, 0.29) is 28.2 Å². The fourth-order valence-corrected chi connectivity index (χ4v) is 1.36. The molecule has 0 unspecified atom stereocenters. The summed E-state index contributed by atoms with van der Waals surface area (Å²) in [7, 11) is 0. The second-order valence-electron chi connectivity index (χ2n) is 3.08. The lowest BCUT2D eigenvalue weighted by Gasteiger charge is -1.94. The molecule has 1 heterocycles. The van der Waals surface area contributed by atoms with Gasteiger partial charge in [0.15, 0.2) is 5.76 Å². The van der Waals surface area contributed by atoms with Gasteiger partial charge in [-0.2, -0.15) is 0 Å². The van der Waals surface area contributed by atoms with Crippen molar-refractivity contribution >= 4 is 22.6 Å². The van der Waals surface area contributed by atoms with E-state index in [1.165, 1.54) is 6.07 Å². The summed E-state index contributed by atoms with van der Waals surface area (Å²) in [4.78, 5) is 20.8. The average Bonchev–Trinajstić information content (AvgIpc) is 2.62. The first-order valence-corrected chi connectivity index (χ1v) is 4.20. The summed E-state index contributed by atoms with van der Waals surface area (Å²) in [6.07, 6.45) is 0. The van der Waals surface area contributed by atoms with Crippen LogP contribution in [-0.4, -0.2) is 15.9 Å². The van der Waals surface area contributed by atoms with Gasteiger partial charge in [0.05, 0.1) is 10.3 Å². The van der Waals surface area contributed by atoms with Crippen molar-refractivity contribution in [2.24, 2.45) is 5.73 Å². The van der Waals surface area contributed by atoms with Gasteiger partial charge in [-0.05, 0) is 6.07 Å². The van der Waals surface area contributed by atoms with E-state index in [0.717, 1.165) is 12.1 Å². The van der Waals surface area contributed by atoms with Crippen LogP contribution in [0, 0.1) is 10.1 Å². The molecule has 0 saturated carbocycles.